The third-order valence-electron chi connectivity index (χ3n) is 6.61. The molecular weight excluding hydrogens is 477 g/mol. The van der Waals surface area contributed by atoms with Gasteiger partial charge in [0.15, 0.2) is 0 Å². The van der Waals surface area contributed by atoms with E-state index in [0.29, 0.717) is 23.8 Å². The Labute approximate surface area is 213 Å². The van der Waals surface area contributed by atoms with Crippen LogP contribution in [0, 0.1) is 0 Å². The molecule has 0 radical (unpaired) electrons. The van der Waals surface area contributed by atoms with E-state index in [9.17, 15) is 13.2 Å². The minimum atomic E-state index is -4.37. The zero-order valence-electron chi connectivity index (χ0n) is 20.4. The maximum Gasteiger partial charge on any atom is 0.416 e. The summed E-state index contributed by atoms with van der Waals surface area (Å²) < 4.78 is 39.0. The molecule has 1 aliphatic heterocycles. The van der Waals surface area contributed by atoms with Crippen molar-refractivity contribution in [2.45, 2.75) is 25.2 Å². The Morgan fingerprint density at radius 3 is 2.24 bits per heavy atom. The normalized spacial score (nSPS) is 15.5. The molecule has 1 atom stereocenters. The number of nitrogens with one attached hydrogen (secondary N) is 1. The van der Waals surface area contributed by atoms with Crippen LogP contribution in [0.2, 0.25) is 0 Å². The maximum absolute atomic E-state index is 13.0. The lowest BCUT2D eigenvalue weighted by Gasteiger charge is -2.29. The van der Waals surface area contributed by atoms with Crippen molar-refractivity contribution in [2.75, 3.05) is 29.9 Å². The molecule has 1 unspecified atom stereocenters. The minimum absolute atomic E-state index is 0.210. The van der Waals surface area contributed by atoms with Crippen LogP contribution >= 0.6 is 0 Å². The smallest absolute Gasteiger partial charge is 0.345 e. The fraction of sp³-hybridized carbons (Fsp3) is 0.250. The van der Waals surface area contributed by atoms with Crippen molar-refractivity contribution in [2.24, 2.45) is 0 Å². The molecule has 1 N–H and O–H groups in total. The van der Waals surface area contributed by atoms with E-state index in [1.165, 1.54) is 12.1 Å². The van der Waals surface area contributed by atoms with Crippen molar-refractivity contribution in [1.29, 1.82) is 0 Å². The molecule has 1 saturated heterocycles. The van der Waals surface area contributed by atoms with E-state index in [2.05, 4.69) is 49.4 Å². The Balaban J connectivity index is 1.38. The second kappa shape index (κ2) is 10.6. The molecule has 37 heavy (non-hydrogen) atoms. The van der Waals surface area contributed by atoms with E-state index in [1.807, 2.05) is 19.2 Å². The van der Waals surface area contributed by atoms with E-state index in [-0.39, 0.29) is 6.04 Å². The highest BCUT2D eigenvalue weighted by Crippen LogP contribution is 2.31. The number of pyridine rings is 1. The molecule has 0 saturated carbocycles. The predicted molar refractivity (Wildman–Crippen MR) is 139 cm³/mol. The first-order chi connectivity index (χ1) is 17.9. The van der Waals surface area contributed by atoms with Gasteiger partial charge in [-0.2, -0.15) is 13.2 Å². The highest BCUT2D eigenvalue weighted by molar-refractivity contribution is 5.63. The van der Waals surface area contributed by atoms with Gasteiger partial charge in [0.25, 0.3) is 0 Å². The Kier molecular flexibility index (Phi) is 7.05. The van der Waals surface area contributed by atoms with Gasteiger partial charge in [-0.25, -0.2) is 9.97 Å². The van der Waals surface area contributed by atoms with Gasteiger partial charge in [0.05, 0.1) is 11.3 Å². The monoisotopic (exact) mass is 504 g/mol. The Bertz CT molecular complexity index is 1300. The molecule has 3 heterocycles. The van der Waals surface area contributed by atoms with Crippen molar-refractivity contribution in [3.63, 3.8) is 0 Å². The quantitative estimate of drug-likeness (QED) is 0.349. The fourth-order valence-electron chi connectivity index (χ4n) is 4.48. The van der Waals surface area contributed by atoms with Gasteiger partial charge in [0.2, 0.25) is 5.95 Å². The van der Waals surface area contributed by atoms with Crippen LogP contribution in [0.15, 0.2) is 85.3 Å². The molecular formula is C28H27F3N6. The van der Waals surface area contributed by atoms with Crippen molar-refractivity contribution in [1.82, 2.24) is 20.3 Å². The van der Waals surface area contributed by atoms with Gasteiger partial charge in [-0.05, 0) is 61.0 Å². The molecule has 1 fully saturated rings. The maximum atomic E-state index is 13.0. The lowest BCUT2D eigenvalue weighted by molar-refractivity contribution is -0.137. The number of benzene rings is 2. The number of hydrogen-bond acceptors (Lipinski definition) is 6. The molecule has 1 aliphatic rings. The van der Waals surface area contributed by atoms with E-state index in [0.717, 1.165) is 48.6 Å². The number of nitrogens with zero attached hydrogens (tertiary/aromatic N) is 5. The van der Waals surface area contributed by atoms with Crippen molar-refractivity contribution in [3.05, 3.63) is 96.4 Å². The number of rotatable bonds is 7. The Morgan fingerprint density at radius 2 is 1.59 bits per heavy atom. The standard InChI is InChI=1S/C28H27F3N6/c1-36(24-10-14-32-15-11-24)23-8-2-20(3-9-23)19-37(25-12-16-33-18-25)27-34-17-13-26(35-27)21-4-6-22(7-5-21)28(29,30)31/h2-11,13-15,17,25,33H,12,16,18-19H2,1H3. The highest BCUT2D eigenvalue weighted by atomic mass is 19.4. The molecule has 0 spiro atoms. The summed E-state index contributed by atoms with van der Waals surface area (Å²) in [6.45, 7) is 2.34. The lowest BCUT2D eigenvalue weighted by atomic mass is 10.1. The summed E-state index contributed by atoms with van der Waals surface area (Å²) >= 11 is 0. The second-order valence-electron chi connectivity index (χ2n) is 9.02. The molecule has 9 heteroatoms. The minimum Gasteiger partial charge on any atom is -0.345 e. The summed E-state index contributed by atoms with van der Waals surface area (Å²) in [6.07, 6.45) is 1.79. The van der Waals surface area contributed by atoms with Crippen molar-refractivity contribution < 1.29 is 13.2 Å². The van der Waals surface area contributed by atoms with Crippen LogP contribution in [0.1, 0.15) is 17.5 Å². The molecule has 0 bridgehead atoms. The average Bonchev–Trinajstić information content (AvgIpc) is 3.47. The third-order valence-corrected chi connectivity index (χ3v) is 6.61. The van der Waals surface area contributed by atoms with Crippen LogP contribution in [-0.2, 0) is 12.7 Å². The van der Waals surface area contributed by atoms with Gasteiger partial charge in [0.1, 0.15) is 0 Å². The molecule has 0 aliphatic carbocycles. The van der Waals surface area contributed by atoms with E-state index in [1.54, 1.807) is 24.7 Å². The summed E-state index contributed by atoms with van der Waals surface area (Å²) in [5, 5.41) is 3.40. The molecule has 4 aromatic rings. The van der Waals surface area contributed by atoms with Crippen LogP contribution in [-0.4, -0.2) is 41.1 Å². The second-order valence-corrected chi connectivity index (χ2v) is 9.02. The van der Waals surface area contributed by atoms with Crippen LogP contribution < -0.4 is 15.1 Å². The van der Waals surface area contributed by atoms with Gasteiger partial charge < -0.3 is 15.1 Å². The van der Waals surface area contributed by atoms with Gasteiger partial charge in [-0.1, -0.05) is 24.3 Å². The van der Waals surface area contributed by atoms with Crippen LogP contribution in [0.3, 0.4) is 0 Å². The predicted octanol–water partition coefficient (Wildman–Crippen LogP) is 5.69. The van der Waals surface area contributed by atoms with Crippen LogP contribution in [0.4, 0.5) is 30.5 Å². The average molecular weight is 505 g/mol. The van der Waals surface area contributed by atoms with Gasteiger partial charge in [0, 0.05) is 61.7 Å². The molecule has 5 rings (SSSR count). The lowest BCUT2D eigenvalue weighted by Crippen LogP contribution is -2.37. The zero-order chi connectivity index (χ0) is 25.8. The third kappa shape index (κ3) is 5.72. The number of aromatic nitrogens is 3. The summed E-state index contributed by atoms with van der Waals surface area (Å²) in [4.78, 5) is 17.6. The van der Waals surface area contributed by atoms with Crippen molar-refractivity contribution >= 4 is 17.3 Å². The molecule has 2 aromatic heterocycles. The van der Waals surface area contributed by atoms with Gasteiger partial charge in [-0.3, -0.25) is 4.98 Å². The first kappa shape index (κ1) is 24.7. The van der Waals surface area contributed by atoms with Gasteiger partial charge >= 0.3 is 6.18 Å². The highest BCUT2D eigenvalue weighted by Gasteiger charge is 2.30. The van der Waals surface area contributed by atoms with Crippen molar-refractivity contribution in [3.8, 4) is 11.3 Å². The summed E-state index contributed by atoms with van der Waals surface area (Å²) in [5.41, 5.74) is 3.75. The van der Waals surface area contributed by atoms with Crippen LogP contribution in [0.25, 0.3) is 11.3 Å². The van der Waals surface area contributed by atoms with Crippen LogP contribution in [0.5, 0.6) is 0 Å². The van der Waals surface area contributed by atoms with E-state index >= 15 is 0 Å². The zero-order valence-corrected chi connectivity index (χ0v) is 20.4. The Hall–Kier alpha value is -3.98. The fourth-order valence-corrected chi connectivity index (χ4v) is 4.48. The molecule has 0 amide bonds. The number of alkyl halides is 3. The van der Waals surface area contributed by atoms with E-state index < -0.39 is 11.7 Å². The summed E-state index contributed by atoms with van der Waals surface area (Å²) in [7, 11) is 2.02. The van der Waals surface area contributed by atoms with Gasteiger partial charge in [-0.15, -0.1) is 0 Å². The largest absolute Gasteiger partial charge is 0.416 e. The molecule has 6 nitrogen and oxygen atoms in total. The van der Waals surface area contributed by atoms with E-state index in [4.69, 9.17) is 4.98 Å². The summed E-state index contributed by atoms with van der Waals surface area (Å²) in [6, 6.07) is 19.3. The summed E-state index contributed by atoms with van der Waals surface area (Å²) in [5.74, 6) is 0.559. The number of halogens is 3. The topological polar surface area (TPSA) is 57.2 Å². The first-order valence-electron chi connectivity index (χ1n) is 12.1. The first-order valence-corrected chi connectivity index (χ1v) is 12.1. The Morgan fingerprint density at radius 1 is 0.892 bits per heavy atom. The molecule has 2 aromatic carbocycles. The molecule has 190 valence electrons. The number of hydrogen-bond donors (Lipinski definition) is 1. The SMILES string of the molecule is CN(c1ccncc1)c1ccc(CN(c2nccc(-c3ccc(C(F)(F)F)cc3)n2)C2CCNC2)cc1. The number of anilines is 3.